The standard InChI is InChI=1S/C14H18BrFN2O/c1-18(10-7-5-9(17)6-8-10)14(19)11-3-2-4-12(15)13(11)16/h2-4,9-10H,5-8,17H2,1H3. The third kappa shape index (κ3) is 3.15. The molecule has 1 aliphatic carbocycles. The molecule has 2 N–H and O–H groups in total. The monoisotopic (exact) mass is 328 g/mol. The van der Waals surface area contributed by atoms with Crippen molar-refractivity contribution in [2.24, 2.45) is 5.73 Å². The number of nitrogens with two attached hydrogens (primary N) is 1. The van der Waals surface area contributed by atoms with Gasteiger partial charge in [-0.3, -0.25) is 4.79 Å². The van der Waals surface area contributed by atoms with Gasteiger partial charge in [0, 0.05) is 19.1 Å². The molecule has 104 valence electrons. The summed E-state index contributed by atoms with van der Waals surface area (Å²) in [5.74, 6) is -0.758. The van der Waals surface area contributed by atoms with Gasteiger partial charge in [-0.2, -0.15) is 0 Å². The third-order valence-electron chi connectivity index (χ3n) is 3.79. The number of hydrogen-bond donors (Lipinski definition) is 1. The van der Waals surface area contributed by atoms with Crippen LogP contribution >= 0.6 is 15.9 Å². The lowest BCUT2D eigenvalue weighted by atomic mass is 9.90. The molecule has 0 heterocycles. The lowest BCUT2D eigenvalue weighted by Crippen LogP contribution is -2.42. The summed E-state index contributed by atoms with van der Waals surface area (Å²) in [6.07, 6.45) is 3.62. The molecule has 1 fully saturated rings. The molecule has 1 saturated carbocycles. The molecule has 0 aliphatic heterocycles. The number of carbonyl (C=O) groups excluding carboxylic acids is 1. The first-order valence-electron chi connectivity index (χ1n) is 6.47. The van der Waals surface area contributed by atoms with Crippen LogP contribution in [0.15, 0.2) is 22.7 Å². The van der Waals surface area contributed by atoms with Crippen molar-refractivity contribution in [3.8, 4) is 0 Å². The van der Waals surface area contributed by atoms with Crippen LogP contribution in [-0.4, -0.2) is 29.9 Å². The van der Waals surface area contributed by atoms with Gasteiger partial charge in [-0.15, -0.1) is 0 Å². The number of carbonyl (C=O) groups is 1. The summed E-state index contributed by atoms with van der Waals surface area (Å²) in [6, 6.07) is 5.18. The molecule has 0 atom stereocenters. The molecule has 2 rings (SSSR count). The van der Waals surface area contributed by atoms with Crippen LogP contribution in [0.2, 0.25) is 0 Å². The van der Waals surface area contributed by atoms with Crippen LogP contribution in [0.1, 0.15) is 36.0 Å². The Morgan fingerprint density at radius 2 is 2.00 bits per heavy atom. The molecule has 19 heavy (non-hydrogen) atoms. The molecule has 0 radical (unpaired) electrons. The van der Waals surface area contributed by atoms with E-state index in [1.165, 1.54) is 6.07 Å². The van der Waals surface area contributed by atoms with E-state index >= 15 is 0 Å². The lowest BCUT2D eigenvalue weighted by Gasteiger charge is -2.33. The second-order valence-corrected chi connectivity index (χ2v) is 5.94. The first-order chi connectivity index (χ1) is 9.00. The lowest BCUT2D eigenvalue weighted by molar-refractivity contribution is 0.0685. The minimum absolute atomic E-state index is 0.117. The quantitative estimate of drug-likeness (QED) is 0.907. The highest BCUT2D eigenvalue weighted by molar-refractivity contribution is 9.10. The molecule has 0 saturated heterocycles. The molecule has 1 amide bonds. The van der Waals surface area contributed by atoms with E-state index in [0.29, 0.717) is 4.47 Å². The van der Waals surface area contributed by atoms with E-state index in [2.05, 4.69) is 15.9 Å². The van der Waals surface area contributed by atoms with Gasteiger partial charge in [0.15, 0.2) is 0 Å². The molecule has 0 bridgehead atoms. The first-order valence-corrected chi connectivity index (χ1v) is 7.26. The maximum atomic E-state index is 13.9. The Balaban J connectivity index is 2.13. The van der Waals surface area contributed by atoms with Gasteiger partial charge in [0.05, 0.1) is 10.0 Å². The van der Waals surface area contributed by atoms with Crippen LogP contribution in [0.3, 0.4) is 0 Å². The average Bonchev–Trinajstić information content (AvgIpc) is 2.41. The van der Waals surface area contributed by atoms with Gasteiger partial charge in [-0.25, -0.2) is 4.39 Å². The van der Waals surface area contributed by atoms with Crippen molar-refractivity contribution in [1.82, 2.24) is 4.90 Å². The first kappa shape index (κ1) is 14.5. The van der Waals surface area contributed by atoms with Crippen LogP contribution in [-0.2, 0) is 0 Å². The molecule has 0 aromatic heterocycles. The zero-order chi connectivity index (χ0) is 14.0. The highest BCUT2D eigenvalue weighted by atomic mass is 79.9. The van der Waals surface area contributed by atoms with Crippen LogP contribution in [0.5, 0.6) is 0 Å². The van der Waals surface area contributed by atoms with Crippen LogP contribution in [0.25, 0.3) is 0 Å². The van der Waals surface area contributed by atoms with Gasteiger partial charge in [0.25, 0.3) is 5.91 Å². The Morgan fingerprint density at radius 3 is 2.63 bits per heavy atom. The number of amides is 1. The fourth-order valence-corrected chi connectivity index (χ4v) is 2.88. The Bertz CT molecular complexity index is 473. The number of nitrogens with zero attached hydrogens (tertiary/aromatic N) is 1. The SMILES string of the molecule is CN(C(=O)c1cccc(Br)c1F)C1CCC(N)CC1. The normalized spacial score (nSPS) is 23.2. The highest BCUT2D eigenvalue weighted by Gasteiger charge is 2.27. The van der Waals surface area contributed by atoms with Crippen molar-refractivity contribution >= 4 is 21.8 Å². The molecule has 1 aliphatic rings. The van der Waals surface area contributed by atoms with Gasteiger partial charge in [-0.1, -0.05) is 6.07 Å². The fraction of sp³-hybridized carbons (Fsp3) is 0.500. The molecule has 0 unspecified atom stereocenters. The molecule has 3 nitrogen and oxygen atoms in total. The average molecular weight is 329 g/mol. The predicted molar refractivity (Wildman–Crippen MR) is 76.4 cm³/mol. The maximum absolute atomic E-state index is 13.9. The van der Waals surface area contributed by atoms with Crippen molar-refractivity contribution in [2.75, 3.05) is 7.05 Å². The van der Waals surface area contributed by atoms with Crippen molar-refractivity contribution in [1.29, 1.82) is 0 Å². The Labute approximate surface area is 121 Å². The molecule has 5 heteroatoms. The fourth-order valence-electron chi connectivity index (χ4n) is 2.51. The summed E-state index contributed by atoms with van der Waals surface area (Å²) in [4.78, 5) is 14.0. The number of halogens is 2. The molecule has 1 aromatic rings. The molecule has 0 spiro atoms. The van der Waals surface area contributed by atoms with E-state index in [4.69, 9.17) is 5.73 Å². The second-order valence-electron chi connectivity index (χ2n) is 5.09. The van der Waals surface area contributed by atoms with Gasteiger partial charge in [-0.05, 0) is 53.7 Å². The van der Waals surface area contributed by atoms with Gasteiger partial charge in [0.2, 0.25) is 0 Å². The summed E-state index contributed by atoms with van der Waals surface area (Å²) in [6.45, 7) is 0. The number of benzene rings is 1. The third-order valence-corrected chi connectivity index (χ3v) is 4.40. The van der Waals surface area contributed by atoms with Crippen molar-refractivity contribution in [3.05, 3.63) is 34.1 Å². The Morgan fingerprint density at radius 1 is 1.37 bits per heavy atom. The van der Waals surface area contributed by atoms with Crippen LogP contribution < -0.4 is 5.73 Å². The summed E-state index contributed by atoms with van der Waals surface area (Å²) in [7, 11) is 1.74. The van der Waals surface area contributed by atoms with Crippen LogP contribution in [0.4, 0.5) is 4.39 Å². The highest BCUT2D eigenvalue weighted by Crippen LogP contribution is 2.24. The van der Waals surface area contributed by atoms with E-state index in [1.54, 1.807) is 24.1 Å². The topological polar surface area (TPSA) is 46.3 Å². The van der Waals surface area contributed by atoms with Gasteiger partial charge in [0.1, 0.15) is 5.82 Å². The minimum atomic E-state index is -0.494. The summed E-state index contributed by atoms with van der Waals surface area (Å²) in [5.41, 5.74) is 5.98. The zero-order valence-electron chi connectivity index (χ0n) is 10.9. The van der Waals surface area contributed by atoms with E-state index < -0.39 is 5.82 Å². The minimum Gasteiger partial charge on any atom is -0.339 e. The van der Waals surface area contributed by atoms with Crippen LogP contribution in [0, 0.1) is 5.82 Å². The van der Waals surface area contributed by atoms with Crippen molar-refractivity contribution in [3.63, 3.8) is 0 Å². The van der Waals surface area contributed by atoms with E-state index in [9.17, 15) is 9.18 Å². The number of hydrogen-bond acceptors (Lipinski definition) is 2. The van der Waals surface area contributed by atoms with Crippen molar-refractivity contribution in [2.45, 2.75) is 37.8 Å². The smallest absolute Gasteiger partial charge is 0.256 e. The molecular weight excluding hydrogens is 311 g/mol. The van der Waals surface area contributed by atoms with E-state index in [0.717, 1.165) is 25.7 Å². The Hall–Kier alpha value is -0.940. The Kier molecular flexibility index (Phi) is 4.58. The van der Waals surface area contributed by atoms with E-state index in [-0.39, 0.29) is 23.6 Å². The van der Waals surface area contributed by atoms with Gasteiger partial charge < -0.3 is 10.6 Å². The maximum Gasteiger partial charge on any atom is 0.256 e. The second kappa shape index (κ2) is 6.01. The summed E-state index contributed by atoms with van der Waals surface area (Å²) in [5, 5.41) is 0. The molecule has 1 aromatic carbocycles. The molecular formula is C14H18BrFN2O. The summed E-state index contributed by atoms with van der Waals surface area (Å²) >= 11 is 3.11. The predicted octanol–water partition coefficient (Wildman–Crippen LogP) is 2.93. The van der Waals surface area contributed by atoms with E-state index in [1.807, 2.05) is 0 Å². The summed E-state index contributed by atoms with van der Waals surface area (Å²) < 4.78 is 14.2. The number of rotatable bonds is 2. The van der Waals surface area contributed by atoms with Crippen molar-refractivity contribution < 1.29 is 9.18 Å². The van der Waals surface area contributed by atoms with Gasteiger partial charge >= 0.3 is 0 Å². The largest absolute Gasteiger partial charge is 0.339 e. The zero-order valence-corrected chi connectivity index (χ0v) is 12.5.